The fourth-order valence-corrected chi connectivity index (χ4v) is 4.89. The standard InChI is InChI=1S/C9H10BrNO4S2/c10-7-2-1-3-9(4-7)17(14,15)11-8-5-16(12,13)6-8/h1-4,8,11H,5-6H2. The molecule has 0 radical (unpaired) electrons. The number of benzene rings is 1. The van der Waals surface area contributed by atoms with Crippen molar-refractivity contribution in [3.8, 4) is 0 Å². The van der Waals surface area contributed by atoms with Crippen LogP contribution in [-0.2, 0) is 19.9 Å². The third-order valence-electron chi connectivity index (χ3n) is 2.34. The van der Waals surface area contributed by atoms with Crippen LogP contribution in [0.25, 0.3) is 0 Å². The average Bonchev–Trinajstić information content (AvgIpc) is 2.14. The number of hydrogen-bond acceptors (Lipinski definition) is 4. The smallest absolute Gasteiger partial charge is 0.229 e. The van der Waals surface area contributed by atoms with Crippen molar-refractivity contribution in [1.29, 1.82) is 0 Å². The zero-order valence-electron chi connectivity index (χ0n) is 8.63. The molecule has 0 bridgehead atoms. The van der Waals surface area contributed by atoms with Crippen LogP contribution < -0.4 is 4.72 Å². The molecule has 17 heavy (non-hydrogen) atoms. The maximum Gasteiger partial charge on any atom is 0.240 e. The van der Waals surface area contributed by atoms with Gasteiger partial charge in [0.15, 0.2) is 9.84 Å². The molecular formula is C9H10BrNO4S2. The molecule has 1 aromatic carbocycles. The minimum absolute atomic E-state index is 0.121. The van der Waals surface area contributed by atoms with Gasteiger partial charge in [-0.05, 0) is 18.2 Å². The van der Waals surface area contributed by atoms with Crippen molar-refractivity contribution in [2.75, 3.05) is 11.5 Å². The van der Waals surface area contributed by atoms with Crippen LogP contribution in [0.1, 0.15) is 0 Å². The first-order chi connectivity index (χ1) is 7.78. The second-order valence-corrected chi connectivity index (χ2v) is 8.64. The second-order valence-electron chi connectivity index (χ2n) is 3.85. The molecule has 2 rings (SSSR count). The summed E-state index contributed by atoms with van der Waals surface area (Å²) in [5.41, 5.74) is 0. The minimum atomic E-state index is -3.64. The van der Waals surface area contributed by atoms with Crippen molar-refractivity contribution in [2.24, 2.45) is 0 Å². The van der Waals surface area contributed by atoms with Crippen molar-refractivity contribution >= 4 is 35.8 Å². The molecule has 8 heteroatoms. The highest BCUT2D eigenvalue weighted by molar-refractivity contribution is 9.10. The predicted octanol–water partition coefficient (Wildman–Crippen LogP) is 0.524. The van der Waals surface area contributed by atoms with E-state index in [2.05, 4.69) is 20.7 Å². The summed E-state index contributed by atoms with van der Waals surface area (Å²) in [5.74, 6) is -0.250. The highest BCUT2D eigenvalue weighted by atomic mass is 79.9. The van der Waals surface area contributed by atoms with Crippen molar-refractivity contribution in [3.05, 3.63) is 28.7 Å². The number of hydrogen-bond donors (Lipinski definition) is 1. The van der Waals surface area contributed by atoms with Gasteiger partial charge in [0.2, 0.25) is 10.0 Å². The first-order valence-corrected chi connectivity index (χ1v) is 8.87. The van der Waals surface area contributed by atoms with E-state index in [9.17, 15) is 16.8 Å². The largest absolute Gasteiger partial charge is 0.240 e. The van der Waals surface area contributed by atoms with Gasteiger partial charge in [0.05, 0.1) is 16.4 Å². The monoisotopic (exact) mass is 339 g/mol. The Morgan fingerprint density at radius 3 is 2.47 bits per heavy atom. The Kier molecular flexibility index (Phi) is 3.32. The molecule has 94 valence electrons. The summed E-state index contributed by atoms with van der Waals surface area (Å²) in [5, 5.41) is 0. The molecule has 5 nitrogen and oxygen atoms in total. The maximum absolute atomic E-state index is 11.9. The molecule has 0 unspecified atom stereocenters. The molecule has 1 aliphatic heterocycles. The van der Waals surface area contributed by atoms with Crippen LogP contribution in [0.15, 0.2) is 33.6 Å². The minimum Gasteiger partial charge on any atom is -0.229 e. The Hall–Kier alpha value is -0.440. The van der Waals surface area contributed by atoms with Gasteiger partial charge in [-0.1, -0.05) is 22.0 Å². The van der Waals surface area contributed by atoms with Crippen molar-refractivity contribution in [3.63, 3.8) is 0 Å². The van der Waals surface area contributed by atoms with Crippen LogP contribution >= 0.6 is 15.9 Å². The van der Waals surface area contributed by atoms with Crippen molar-refractivity contribution < 1.29 is 16.8 Å². The van der Waals surface area contributed by atoms with E-state index in [1.165, 1.54) is 12.1 Å². The lowest BCUT2D eigenvalue weighted by atomic mass is 10.4. The normalized spacial score (nSPS) is 19.8. The molecule has 0 aromatic heterocycles. The molecular weight excluding hydrogens is 330 g/mol. The van der Waals surface area contributed by atoms with Gasteiger partial charge in [-0.2, -0.15) is 0 Å². The maximum atomic E-state index is 11.9. The molecule has 1 saturated heterocycles. The van der Waals surface area contributed by atoms with Gasteiger partial charge in [0.25, 0.3) is 0 Å². The van der Waals surface area contributed by atoms with Crippen LogP contribution in [0.5, 0.6) is 0 Å². The summed E-state index contributed by atoms with van der Waals surface area (Å²) in [4.78, 5) is 0.121. The van der Waals surface area contributed by atoms with E-state index in [1.807, 2.05) is 0 Å². The van der Waals surface area contributed by atoms with Crippen molar-refractivity contribution in [1.82, 2.24) is 4.72 Å². The highest BCUT2D eigenvalue weighted by Gasteiger charge is 2.36. The third kappa shape index (κ3) is 3.06. The predicted molar refractivity (Wildman–Crippen MR) is 66.9 cm³/mol. The van der Waals surface area contributed by atoms with Gasteiger partial charge in [-0.25, -0.2) is 21.6 Å². The lowest BCUT2D eigenvalue weighted by molar-refractivity contribution is 0.536. The van der Waals surface area contributed by atoms with Gasteiger partial charge >= 0.3 is 0 Å². The Labute approximate surface area is 108 Å². The molecule has 1 heterocycles. The average molecular weight is 340 g/mol. The van der Waals surface area contributed by atoms with E-state index in [0.29, 0.717) is 4.47 Å². The summed E-state index contributed by atoms with van der Waals surface area (Å²) in [7, 11) is -6.67. The zero-order chi connectivity index (χ0) is 12.7. The summed E-state index contributed by atoms with van der Waals surface area (Å²) in [6.45, 7) is 0. The van der Waals surface area contributed by atoms with Crippen LogP contribution in [0, 0.1) is 0 Å². The third-order valence-corrected chi connectivity index (χ3v) is 6.17. The van der Waals surface area contributed by atoms with E-state index in [0.717, 1.165) is 0 Å². The number of halogens is 1. The van der Waals surface area contributed by atoms with Crippen LogP contribution in [-0.4, -0.2) is 34.4 Å². The fourth-order valence-electron chi connectivity index (χ4n) is 1.55. The molecule has 1 aromatic rings. The molecule has 0 atom stereocenters. The highest BCUT2D eigenvalue weighted by Crippen LogP contribution is 2.18. The molecule has 1 N–H and O–H groups in total. The van der Waals surface area contributed by atoms with E-state index >= 15 is 0 Å². The number of rotatable bonds is 3. The molecule has 0 amide bonds. The van der Waals surface area contributed by atoms with Crippen LogP contribution in [0.2, 0.25) is 0 Å². The lowest BCUT2D eigenvalue weighted by Gasteiger charge is -2.26. The van der Waals surface area contributed by atoms with Gasteiger partial charge in [-0.3, -0.25) is 0 Å². The van der Waals surface area contributed by atoms with Gasteiger partial charge in [0, 0.05) is 10.5 Å². The first-order valence-electron chi connectivity index (χ1n) is 4.77. The number of sulfone groups is 1. The molecule has 0 aliphatic carbocycles. The van der Waals surface area contributed by atoms with Crippen LogP contribution in [0.3, 0.4) is 0 Å². The summed E-state index contributed by atoms with van der Waals surface area (Å²) in [6.07, 6.45) is 0. The zero-order valence-corrected chi connectivity index (χ0v) is 11.8. The molecule has 0 spiro atoms. The number of sulfonamides is 1. The quantitative estimate of drug-likeness (QED) is 0.870. The number of nitrogens with one attached hydrogen (secondary N) is 1. The topological polar surface area (TPSA) is 80.3 Å². The van der Waals surface area contributed by atoms with Gasteiger partial charge in [-0.15, -0.1) is 0 Å². The van der Waals surface area contributed by atoms with Gasteiger partial charge < -0.3 is 0 Å². The Bertz CT molecular complexity index is 627. The van der Waals surface area contributed by atoms with E-state index in [-0.39, 0.29) is 16.4 Å². The Morgan fingerprint density at radius 1 is 1.29 bits per heavy atom. The van der Waals surface area contributed by atoms with Crippen LogP contribution in [0.4, 0.5) is 0 Å². The molecule has 0 saturated carbocycles. The van der Waals surface area contributed by atoms with E-state index in [1.54, 1.807) is 12.1 Å². The van der Waals surface area contributed by atoms with Gasteiger partial charge in [0.1, 0.15) is 0 Å². The second kappa shape index (κ2) is 4.34. The molecule has 1 fully saturated rings. The van der Waals surface area contributed by atoms with Crippen molar-refractivity contribution in [2.45, 2.75) is 10.9 Å². The van der Waals surface area contributed by atoms with E-state index < -0.39 is 25.9 Å². The Balaban J connectivity index is 2.15. The first kappa shape index (κ1) is 13.0. The lowest BCUT2D eigenvalue weighted by Crippen LogP contribution is -2.52. The fraction of sp³-hybridized carbons (Fsp3) is 0.333. The summed E-state index contributed by atoms with van der Waals surface area (Å²) in [6, 6.07) is 5.74. The summed E-state index contributed by atoms with van der Waals surface area (Å²) < 4.78 is 48.6. The SMILES string of the molecule is O=S1(=O)CC(NS(=O)(=O)c2cccc(Br)c2)C1. The van der Waals surface area contributed by atoms with E-state index in [4.69, 9.17) is 0 Å². The molecule has 1 aliphatic rings. The summed E-state index contributed by atoms with van der Waals surface area (Å²) >= 11 is 3.18. The Morgan fingerprint density at radius 2 is 1.94 bits per heavy atom.